The molecule has 4 aromatic rings. The fraction of sp³-hybridized carbons (Fsp3) is 0.167. The zero-order chi connectivity index (χ0) is 22.7. The van der Waals surface area contributed by atoms with E-state index in [9.17, 15) is 17.6 Å². The average molecular weight is 453 g/mol. The number of aromatic nitrogens is 1. The van der Waals surface area contributed by atoms with E-state index in [1.54, 1.807) is 36.5 Å². The van der Waals surface area contributed by atoms with Crippen LogP contribution in [0.2, 0.25) is 0 Å². The molecule has 0 fully saturated rings. The summed E-state index contributed by atoms with van der Waals surface area (Å²) in [5, 5.41) is 3.51. The second kappa shape index (κ2) is 8.92. The number of fused-ring (bicyclic) bond motifs is 1. The highest BCUT2D eigenvalue weighted by Crippen LogP contribution is 2.28. The molecule has 0 spiro atoms. The highest BCUT2D eigenvalue weighted by Gasteiger charge is 2.25. The molecule has 6 nitrogen and oxygen atoms in total. The van der Waals surface area contributed by atoms with Gasteiger partial charge in [-0.3, -0.25) is 9.78 Å². The molecule has 164 valence electrons. The highest BCUT2D eigenvalue weighted by molar-refractivity contribution is 7.91. The molecule has 0 aliphatic carbocycles. The van der Waals surface area contributed by atoms with Gasteiger partial charge in [0.15, 0.2) is 11.3 Å². The minimum atomic E-state index is -4.01. The van der Waals surface area contributed by atoms with Crippen LogP contribution >= 0.6 is 0 Å². The first-order chi connectivity index (χ1) is 15.4. The lowest BCUT2D eigenvalue weighted by Gasteiger charge is -2.12. The van der Waals surface area contributed by atoms with Gasteiger partial charge in [-0.1, -0.05) is 37.6 Å². The van der Waals surface area contributed by atoms with Crippen LogP contribution in [0.1, 0.15) is 35.0 Å². The Morgan fingerprint density at radius 1 is 1.12 bits per heavy atom. The topological polar surface area (TPSA) is 89.3 Å². The molecule has 0 radical (unpaired) electrons. The number of sulfone groups is 1. The van der Waals surface area contributed by atoms with E-state index >= 15 is 0 Å². The summed E-state index contributed by atoms with van der Waals surface area (Å²) in [6, 6.07) is 13.7. The van der Waals surface area contributed by atoms with E-state index in [1.165, 1.54) is 24.4 Å². The summed E-state index contributed by atoms with van der Waals surface area (Å²) in [6.07, 6.45) is 4.31. The Kier molecular flexibility index (Phi) is 6.05. The van der Waals surface area contributed by atoms with Crippen molar-refractivity contribution in [3.05, 3.63) is 89.7 Å². The maximum Gasteiger partial charge on any atom is 0.287 e. The van der Waals surface area contributed by atoms with Gasteiger partial charge in [-0.25, -0.2) is 12.8 Å². The van der Waals surface area contributed by atoms with Crippen molar-refractivity contribution in [3.8, 4) is 0 Å². The van der Waals surface area contributed by atoms with Gasteiger partial charge in [-0.15, -0.1) is 0 Å². The Hall–Kier alpha value is -3.52. The molecule has 0 bridgehead atoms. The molecule has 4 rings (SSSR count). The second-order valence-corrected chi connectivity index (χ2v) is 9.22. The molecule has 8 heteroatoms. The summed E-state index contributed by atoms with van der Waals surface area (Å²) >= 11 is 0. The van der Waals surface area contributed by atoms with Crippen LogP contribution in [0.4, 0.5) is 4.39 Å². The Morgan fingerprint density at radius 3 is 2.62 bits per heavy atom. The lowest BCUT2D eigenvalue weighted by molar-refractivity contribution is 0.0925. The number of nitrogens with one attached hydrogen (secondary N) is 1. The summed E-state index contributed by atoms with van der Waals surface area (Å²) in [5.41, 5.74) is 1.67. The van der Waals surface area contributed by atoms with Crippen molar-refractivity contribution in [2.24, 2.45) is 0 Å². The number of rotatable bonds is 7. The van der Waals surface area contributed by atoms with E-state index in [4.69, 9.17) is 4.42 Å². The lowest BCUT2D eigenvalue weighted by Crippen LogP contribution is -2.22. The van der Waals surface area contributed by atoms with E-state index in [0.29, 0.717) is 29.6 Å². The number of carbonyl (C=O) groups is 1. The van der Waals surface area contributed by atoms with Crippen molar-refractivity contribution >= 4 is 26.7 Å². The van der Waals surface area contributed by atoms with E-state index in [0.717, 1.165) is 11.5 Å². The van der Waals surface area contributed by atoms with Crippen molar-refractivity contribution in [2.75, 3.05) is 0 Å². The number of aryl methyl sites for hydroxylation is 1. The number of carbonyl (C=O) groups excluding carboxylic acids is 1. The van der Waals surface area contributed by atoms with Gasteiger partial charge < -0.3 is 9.73 Å². The van der Waals surface area contributed by atoms with Gasteiger partial charge in [-0.05, 0) is 47.9 Å². The highest BCUT2D eigenvalue weighted by atomic mass is 32.2. The lowest BCUT2D eigenvalue weighted by atomic mass is 10.1. The van der Waals surface area contributed by atoms with Gasteiger partial charge in [0.25, 0.3) is 5.91 Å². The molecule has 0 saturated carbocycles. The van der Waals surface area contributed by atoms with E-state index in [-0.39, 0.29) is 22.1 Å². The number of hydrogen-bond acceptors (Lipinski definition) is 5. The van der Waals surface area contributed by atoms with Gasteiger partial charge in [0.05, 0.1) is 11.1 Å². The van der Waals surface area contributed by atoms with Gasteiger partial charge in [-0.2, -0.15) is 0 Å². The van der Waals surface area contributed by atoms with Crippen LogP contribution in [0.5, 0.6) is 0 Å². The maximum atomic E-state index is 14.4. The van der Waals surface area contributed by atoms with Crippen LogP contribution in [0, 0.1) is 5.82 Å². The Morgan fingerprint density at radius 2 is 1.91 bits per heavy atom. The van der Waals surface area contributed by atoms with Crippen LogP contribution < -0.4 is 5.32 Å². The summed E-state index contributed by atoms with van der Waals surface area (Å²) < 4.78 is 46.1. The number of furan rings is 1. The third-order valence-corrected chi connectivity index (χ3v) is 6.96. The molecular weight excluding hydrogens is 431 g/mol. The number of nitrogens with zero attached hydrogens (tertiary/aromatic N) is 1. The van der Waals surface area contributed by atoms with Crippen LogP contribution in [0.25, 0.3) is 11.0 Å². The fourth-order valence-corrected chi connectivity index (χ4v) is 5.06. The number of amides is 1. The molecule has 2 aromatic carbocycles. The second-order valence-electron chi connectivity index (χ2n) is 7.33. The summed E-state index contributed by atoms with van der Waals surface area (Å²) in [5.74, 6) is -0.989. The Bertz CT molecular complexity index is 1350. The van der Waals surface area contributed by atoms with E-state index in [1.807, 2.05) is 6.92 Å². The molecular formula is C24H21FN2O4S. The minimum Gasteiger partial charge on any atom is -0.449 e. The third kappa shape index (κ3) is 4.27. The van der Waals surface area contributed by atoms with E-state index in [2.05, 4.69) is 10.3 Å². The molecule has 2 heterocycles. The quantitative estimate of drug-likeness (QED) is 0.440. The first-order valence-electron chi connectivity index (χ1n) is 10.1. The number of benzene rings is 2. The molecule has 2 aromatic heterocycles. The number of hydrogen-bond donors (Lipinski definition) is 1. The molecule has 32 heavy (non-hydrogen) atoms. The van der Waals surface area contributed by atoms with Crippen LogP contribution in [0.3, 0.4) is 0 Å². The van der Waals surface area contributed by atoms with Gasteiger partial charge in [0.2, 0.25) is 9.84 Å². The molecule has 0 aliphatic heterocycles. The molecule has 0 atom stereocenters. The van der Waals surface area contributed by atoms with Gasteiger partial charge in [0.1, 0.15) is 10.7 Å². The first kappa shape index (κ1) is 21.7. The standard InChI is InChI=1S/C24H21FN2O4S/c1-2-4-17-5-3-6-20(25)23(17)32(29,30)19-9-7-16(8-10-19)14-27-24(28)21-13-18-11-12-26-15-22(18)31-21/h3,5-13,15H,2,4,14H2,1H3,(H,27,28). The summed E-state index contributed by atoms with van der Waals surface area (Å²) in [4.78, 5) is 16.0. The molecule has 0 saturated heterocycles. The first-order valence-corrected chi connectivity index (χ1v) is 11.6. The maximum absolute atomic E-state index is 14.4. The van der Waals surface area contributed by atoms with Crippen molar-refractivity contribution in [2.45, 2.75) is 36.1 Å². The smallest absolute Gasteiger partial charge is 0.287 e. The van der Waals surface area contributed by atoms with Crippen molar-refractivity contribution in [1.29, 1.82) is 0 Å². The predicted molar refractivity (Wildman–Crippen MR) is 117 cm³/mol. The molecule has 1 N–H and O–H groups in total. The Labute approximate surface area is 185 Å². The van der Waals surface area contributed by atoms with Gasteiger partial charge >= 0.3 is 0 Å². The zero-order valence-corrected chi connectivity index (χ0v) is 18.2. The van der Waals surface area contributed by atoms with Crippen molar-refractivity contribution in [3.63, 3.8) is 0 Å². The van der Waals surface area contributed by atoms with Crippen molar-refractivity contribution < 1.29 is 22.0 Å². The summed E-state index contributed by atoms with van der Waals surface area (Å²) in [7, 11) is -4.01. The summed E-state index contributed by atoms with van der Waals surface area (Å²) in [6.45, 7) is 2.09. The fourth-order valence-electron chi connectivity index (χ4n) is 3.49. The van der Waals surface area contributed by atoms with Gasteiger partial charge in [0, 0.05) is 18.1 Å². The molecule has 0 aliphatic rings. The van der Waals surface area contributed by atoms with E-state index < -0.39 is 21.6 Å². The minimum absolute atomic E-state index is 0.000172. The largest absolute Gasteiger partial charge is 0.449 e. The number of halogens is 1. The average Bonchev–Trinajstić information content (AvgIpc) is 3.22. The zero-order valence-electron chi connectivity index (χ0n) is 17.3. The Balaban J connectivity index is 1.50. The molecule has 0 unspecified atom stereocenters. The van der Waals surface area contributed by atoms with Crippen LogP contribution in [-0.2, 0) is 22.8 Å². The monoisotopic (exact) mass is 452 g/mol. The van der Waals surface area contributed by atoms with Crippen LogP contribution in [-0.4, -0.2) is 19.3 Å². The van der Waals surface area contributed by atoms with Crippen molar-refractivity contribution in [1.82, 2.24) is 10.3 Å². The SMILES string of the molecule is CCCc1cccc(F)c1S(=O)(=O)c1ccc(CNC(=O)c2cc3ccncc3o2)cc1. The molecule has 1 amide bonds. The normalized spacial score (nSPS) is 11.6. The van der Waals surface area contributed by atoms with Crippen LogP contribution in [0.15, 0.2) is 81.2 Å². The third-order valence-electron chi connectivity index (χ3n) is 5.07. The predicted octanol–water partition coefficient (Wildman–Crippen LogP) is 4.68. The number of pyridine rings is 1.